The number of ether oxygens (including phenoxy) is 1. The van der Waals surface area contributed by atoms with Gasteiger partial charge in [0.25, 0.3) is 11.9 Å². The van der Waals surface area contributed by atoms with Gasteiger partial charge in [0.15, 0.2) is 0 Å². The van der Waals surface area contributed by atoms with Gasteiger partial charge < -0.3 is 14.5 Å². The SMILES string of the molecule is COC(=N)N1CCN(C(=O)c2ccccc2)CC1. The van der Waals surface area contributed by atoms with Crippen molar-refractivity contribution in [2.24, 2.45) is 0 Å². The third kappa shape index (κ3) is 2.61. The van der Waals surface area contributed by atoms with Gasteiger partial charge in [0, 0.05) is 31.7 Å². The Hall–Kier alpha value is -2.04. The maximum atomic E-state index is 12.2. The Bertz CT molecular complexity index is 425. The predicted molar refractivity (Wildman–Crippen MR) is 68.7 cm³/mol. The van der Waals surface area contributed by atoms with Gasteiger partial charge in [0.05, 0.1) is 7.11 Å². The fourth-order valence-corrected chi connectivity index (χ4v) is 2.01. The van der Waals surface area contributed by atoms with Crippen LogP contribution in [-0.2, 0) is 4.74 Å². The number of nitrogens with zero attached hydrogens (tertiary/aromatic N) is 2. The van der Waals surface area contributed by atoms with Crippen molar-refractivity contribution in [1.82, 2.24) is 9.80 Å². The van der Waals surface area contributed by atoms with Gasteiger partial charge in [0.1, 0.15) is 0 Å². The summed E-state index contributed by atoms with van der Waals surface area (Å²) in [6.45, 7) is 2.54. The second kappa shape index (κ2) is 5.53. The highest BCUT2D eigenvalue weighted by Gasteiger charge is 2.23. The molecule has 5 heteroatoms. The lowest BCUT2D eigenvalue weighted by Gasteiger charge is -2.35. The standard InChI is InChI=1S/C13H17N3O2/c1-18-13(14)16-9-7-15(8-10-16)12(17)11-5-3-2-4-6-11/h2-6,14H,7-10H2,1H3. The van der Waals surface area contributed by atoms with Crippen LogP contribution < -0.4 is 0 Å². The minimum Gasteiger partial charge on any atom is -0.469 e. The van der Waals surface area contributed by atoms with Crippen molar-refractivity contribution in [2.75, 3.05) is 33.3 Å². The Balaban J connectivity index is 1.94. The van der Waals surface area contributed by atoms with Gasteiger partial charge >= 0.3 is 0 Å². The lowest BCUT2D eigenvalue weighted by atomic mass is 10.2. The average Bonchev–Trinajstić information content (AvgIpc) is 2.47. The van der Waals surface area contributed by atoms with Crippen LogP contribution in [0.3, 0.4) is 0 Å². The zero-order chi connectivity index (χ0) is 13.0. The van der Waals surface area contributed by atoms with E-state index in [1.807, 2.05) is 40.1 Å². The zero-order valence-corrected chi connectivity index (χ0v) is 10.4. The van der Waals surface area contributed by atoms with Crippen molar-refractivity contribution in [3.63, 3.8) is 0 Å². The fourth-order valence-electron chi connectivity index (χ4n) is 2.01. The van der Waals surface area contributed by atoms with Crippen LogP contribution in [0.4, 0.5) is 0 Å². The lowest BCUT2D eigenvalue weighted by molar-refractivity contribution is 0.0674. The largest absolute Gasteiger partial charge is 0.469 e. The molecule has 0 aromatic heterocycles. The number of amides is 1. The van der Waals surface area contributed by atoms with Crippen LogP contribution in [0, 0.1) is 5.41 Å². The van der Waals surface area contributed by atoms with E-state index < -0.39 is 0 Å². The number of methoxy groups -OCH3 is 1. The summed E-state index contributed by atoms with van der Waals surface area (Å²) in [5.74, 6) is 0.0548. The molecule has 1 aliphatic heterocycles. The molecule has 0 spiro atoms. The van der Waals surface area contributed by atoms with Gasteiger partial charge in [-0.3, -0.25) is 10.2 Å². The Labute approximate surface area is 106 Å². The molecule has 1 aromatic rings. The summed E-state index contributed by atoms with van der Waals surface area (Å²) in [7, 11) is 1.49. The van der Waals surface area contributed by atoms with Crippen LogP contribution in [0.1, 0.15) is 10.4 Å². The molecule has 1 N–H and O–H groups in total. The molecule has 96 valence electrons. The van der Waals surface area contributed by atoms with E-state index in [-0.39, 0.29) is 11.9 Å². The Morgan fingerprint density at radius 2 is 1.67 bits per heavy atom. The first-order valence-corrected chi connectivity index (χ1v) is 5.94. The number of hydrogen-bond acceptors (Lipinski definition) is 3. The van der Waals surface area contributed by atoms with Gasteiger partial charge in [-0.15, -0.1) is 0 Å². The average molecular weight is 247 g/mol. The number of hydrogen-bond donors (Lipinski definition) is 1. The number of benzene rings is 1. The normalized spacial score (nSPS) is 15.4. The smallest absolute Gasteiger partial charge is 0.284 e. The number of nitrogens with one attached hydrogen (secondary N) is 1. The van der Waals surface area contributed by atoms with Crippen molar-refractivity contribution >= 4 is 11.9 Å². The van der Waals surface area contributed by atoms with Crippen LogP contribution in [0.2, 0.25) is 0 Å². The van der Waals surface area contributed by atoms with E-state index in [0.717, 1.165) is 0 Å². The summed E-state index contributed by atoms with van der Waals surface area (Å²) in [5.41, 5.74) is 0.716. The first-order valence-electron chi connectivity index (χ1n) is 5.94. The summed E-state index contributed by atoms with van der Waals surface area (Å²) in [6.07, 6.45) is 0. The molecular weight excluding hydrogens is 230 g/mol. The quantitative estimate of drug-likeness (QED) is 0.595. The second-order valence-corrected chi connectivity index (χ2v) is 4.15. The van der Waals surface area contributed by atoms with Crippen LogP contribution in [0.25, 0.3) is 0 Å². The van der Waals surface area contributed by atoms with E-state index in [1.54, 1.807) is 0 Å². The summed E-state index contributed by atoms with van der Waals surface area (Å²) in [5, 5.41) is 7.57. The second-order valence-electron chi connectivity index (χ2n) is 4.15. The lowest BCUT2D eigenvalue weighted by Crippen LogP contribution is -2.50. The molecule has 5 nitrogen and oxygen atoms in total. The number of piperazine rings is 1. The maximum Gasteiger partial charge on any atom is 0.284 e. The highest BCUT2D eigenvalue weighted by Crippen LogP contribution is 2.08. The summed E-state index contributed by atoms with van der Waals surface area (Å²) < 4.78 is 4.88. The molecule has 0 bridgehead atoms. The number of rotatable bonds is 1. The van der Waals surface area contributed by atoms with E-state index in [1.165, 1.54) is 7.11 Å². The molecular formula is C13H17N3O2. The van der Waals surface area contributed by atoms with E-state index in [0.29, 0.717) is 31.7 Å². The summed E-state index contributed by atoms with van der Waals surface area (Å²) in [4.78, 5) is 15.8. The van der Waals surface area contributed by atoms with Crippen molar-refractivity contribution in [1.29, 1.82) is 5.41 Å². The third-order valence-electron chi connectivity index (χ3n) is 3.07. The molecule has 1 aliphatic rings. The highest BCUT2D eigenvalue weighted by atomic mass is 16.5. The van der Waals surface area contributed by atoms with Crippen LogP contribution in [0.5, 0.6) is 0 Å². The Morgan fingerprint density at radius 1 is 1.11 bits per heavy atom. The van der Waals surface area contributed by atoms with E-state index in [9.17, 15) is 4.79 Å². The van der Waals surface area contributed by atoms with Gasteiger partial charge in [-0.1, -0.05) is 18.2 Å². The van der Waals surface area contributed by atoms with Crippen molar-refractivity contribution in [3.8, 4) is 0 Å². The highest BCUT2D eigenvalue weighted by molar-refractivity contribution is 5.94. The first-order chi connectivity index (χ1) is 8.72. The molecule has 1 amide bonds. The molecule has 0 saturated carbocycles. The van der Waals surface area contributed by atoms with Gasteiger partial charge in [-0.2, -0.15) is 0 Å². The monoisotopic (exact) mass is 247 g/mol. The summed E-state index contributed by atoms with van der Waals surface area (Å²) in [6, 6.07) is 9.45. The van der Waals surface area contributed by atoms with Gasteiger partial charge in [-0.25, -0.2) is 0 Å². The van der Waals surface area contributed by atoms with Crippen LogP contribution in [0.15, 0.2) is 30.3 Å². The molecule has 1 heterocycles. The predicted octanol–water partition coefficient (Wildman–Crippen LogP) is 1.03. The molecule has 0 atom stereocenters. The molecule has 0 radical (unpaired) electrons. The summed E-state index contributed by atoms with van der Waals surface area (Å²) >= 11 is 0. The van der Waals surface area contributed by atoms with Crippen molar-refractivity contribution < 1.29 is 9.53 Å². The molecule has 0 aliphatic carbocycles. The number of carbonyl (C=O) groups is 1. The van der Waals surface area contributed by atoms with Gasteiger partial charge in [0.2, 0.25) is 0 Å². The van der Waals surface area contributed by atoms with Crippen LogP contribution >= 0.6 is 0 Å². The molecule has 1 saturated heterocycles. The van der Waals surface area contributed by atoms with E-state index in [2.05, 4.69) is 0 Å². The van der Waals surface area contributed by atoms with E-state index in [4.69, 9.17) is 10.1 Å². The maximum absolute atomic E-state index is 12.2. The zero-order valence-electron chi connectivity index (χ0n) is 10.4. The number of carbonyl (C=O) groups excluding carboxylic acids is 1. The Morgan fingerprint density at radius 3 is 2.22 bits per heavy atom. The van der Waals surface area contributed by atoms with Crippen molar-refractivity contribution in [2.45, 2.75) is 0 Å². The molecule has 0 unspecified atom stereocenters. The number of amidine groups is 1. The van der Waals surface area contributed by atoms with Crippen molar-refractivity contribution in [3.05, 3.63) is 35.9 Å². The van der Waals surface area contributed by atoms with Crippen LogP contribution in [-0.4, -0.2) is 55.0 Å². The Kier molecular flexibility index (Phi) is 3.82. The minimum absolute atomic E-state index is 0.0548. The topological polar surface area (TPSA) is 56.6 Å². The molecule has 1 fully saturated rings. The third-order valence-corrected chi connectivity index (χ3v) is 3.07. The molecule has 18 heavy (non-hydrogen) atoms. The van der Waals surface area contributed by atoms with Gasteiger partial charge in [-0.05, 0) is 12.1 Å². The first kappa shape index (κ1) is 12.4. The fraction of sp³-hybridized carbons (Fsp3) is 0.385. The molecule has 2 rings (SSSR count). The minimum atomic E-state index is 0.0548. The molecule has 1 aromatic carbocycles. The van der Waals surface area contributed by atoms with E-state index >= 15 is 0 Å².